The van der Waals surface area contributed by atoms with E-state index in [1.807, 2.05) is 31.2 Å². The minimum Gasteiger partial charge on any atom is -0.507 e. The van der Waals surface area contributed by atoms with Gasteiger partial charge in [-0.1, -0.05) is 37.3 Å². The van der Waals surface area contributed by atoms with Crippen LogP contribution in [0.15, 0.2) is 30.4 Å². The smallest absolute Gasteiger partial charge is 0.305 e. The summed E-state index contributed by atoms with van der Waals surface area (Å²) >= 11 is 6.59. The van der Waals surface area contributed by atoms with Crippen molar-refractivity contribution in [1.29, 1.82) is 0 Å². The van der Waals surface area contributed by atoms with Crippen molar-refractivity contribution >= 4 is 17.6 Å². The van der Waals surface area contributed by atoms with Crippen molar-refractivity contribution < 1.29 is 24.9 Å². The molecule has 0 bridgehead atoms. The van der Waals surface area contributed by atoms with E-state index in [1.54, 1.807) is 13.0 Å². The van der Waals surface area contributed by atoms with Crippen LogP contribution in [0.3, 0.4) is 0 Å². The molecule has 0 saturated heterocycles. The second-order valence-corrected chi connectivity index (χ2v) is 8.75. The maximum atomic E-state index is 11.4. The zero-order valence-corrected chi connectivity index (χ0v) is 19.2. The number of carbonyl (C=O) groups is 1. The first-order chi connectivity index (χ1) is 14.8. The number of benzene rings is 1. The number of hydrogen-bond donors (Lipinski definition) is 3. The lowest BCUT2D eigenvalue weighted by atomic mass is 9.85. The van der Waals surface area contributed by atoms with E-state index < -0.39 is 12.2 Å². The van der Waals surface area contributed by atoms with Gasteiger partial charge in [-0.15, -0.1) is 23.4 Å². The number of aryl methyl sites for hydroxylation is 1. The Morgan fingerprint density at radius 1 is 1.42 bits per heavy atom. The van der Waals surface area contributed by atoms with Crippen LogP contribution in [0.25, 0.3) is 0 Å². The molecule has 5 nitrogen and oxygen atoms in total. The van der Waals surface area contributed by atoms with Crippen LogP contribution in [0, 0.1) is 23.7 Å². The highest BCUT2D eigenvalue weighted by Crippen LogP contribution is 2.47. The van der Waals surface area contributed by atoms with E-state index in [0.717, 1.165) is 5.56 Å². The van der Waals surface area contributed by atoms with Crippen LogP contribution in [0.5, 0.6) is 5.75 Å². The molecule has 0 spiro atoms. The first-order valence-electron chi connectivity index (χ1n) is 10.8. The van der Waals surface area contributed by atoms with Crippen LogP contribution in [0.2, 0.25) is 0 Å². The molecule has 170 valence electrons. The average molecular weight is 449 g/mol. The topological polar surface area (TPSA) is 87.0 Å². The Hall–Kier alpha value is -2.00. The fourth-order valence-electron chi connectivity index (χ4n) is 4.09. The van der Waals surface area contributed by atoms with Crippen LogP contribution in [0.4, 0.5) is 0 Å². The molecule has 2 rings (SSSR count). The van der Waals surface area contributed by atoms with E-state index in [1.165, 1.54) is 7.11 Å². The number of phenols is 1. The summed E-state index contributed by atoms with van der Waals surface area (Å²) in [7, 11) is 1.36. The van der Waals surface area contributed by atoms with Crippen LogP contribution in [0.1, 0.15) is 56.6 Å². The number of methoxy groups -OCH3 is 1. The Morgan fingerprint density at radius 2 is 2.16 bits per heavy atom. The fourth-order valence-corrected chi connectivity index (χ4v) is 4.57. The number of aliphatic hydroxyl groups is 2. The summed E-state index contributed by atoms with van der Waals surface area (Å²) in [6.45, 7) is 3.70. The molecule has 0 heterocycles. The number of aromatic hydroxyl groups is 1. The third-order valence-electron chi connectivity index (χ3n) is 5.99. The summed E-state index contributed by atoms with van der Waals surface area (Å²) in [6, 6.07) is 5.52. The molecular weight excluding hydrogens is 416 g/mol. The van der Waals surface area contributed by atoms with Gasteiger partial charge in [0.05, 0.1) is 19.3 Å². The first kappa shape index (κ1) is 25.3. The van der Waals surface area contributed by atoms with Gasteiger partial charge in [0, 0.05) is 30.1 Å². The Labute approximate surface area is 190 Å². The Balaban J connectivity index is 2.20. The van der Waals surface area contributed by atoms with Gasteiger partial charge in [0.2, 0.25) is 0 Å². The molecule has 1 aromatic carbocycles. The second kappa shape index (κ2) is 12.1. The molecule has 2 unspecified atom stereocenters. The van der Waals surface area contributed by atoms with Gasteiger partial charge in [0.15, 0.2) is 0 Å². The highest BCUT2D eigenvalue weighted by Gasteiger charge is 2.42. The lowest BCUT2D eigenvalue weighted by Gasteiger charge is -2.24. The van der Waals surface area contributed by atoms with Gasteiger partial charge in [-0.2, -0.15) is 0 Å². The number of esters is 1. The molecule has 0 amide bonds. The van der Waals surface area contributed by atoms with Crippen molar-refractivity contribution in [2.24, 2.45) is 11.8 Å². The van der Waals surface area contributed by atoms with Gasteiger partial charge in [0.25, 0.3) is 0 Å². The van der Waals surface area contributed by atoms with Crippen LogP contribution < -0.4 is 0 Å². The van der Waals surface area contributed by atoms with Crippen LogP contribution in [-0.2, 0) is 16.0 Å². The van der Waals surface area contributed by atoms with E-state index in [9.17, 15) is 20.1 Å². The van der Waals surface area contributed by atoms with E-state index >= 15 is 0 Å². The summed E-state index contributed by atoms with van der Waals surface area (Å²) in [4.78, 5) is 11.4. The quantitative estimate of drug-likeness (QED) is 0.230. The average Bonchev–Trinajstić information content (AvgIpc) is 3.03. The van der Waals surface area contributed by atoms with Gasteiger partial charge in [-0.25, -0.2) is 0 Å². The maximum absolute atomic E-state index is 11.4. The number of alkyl halides is 1. The molecule has 0 aliphatic heterocycles. The number of halogens is 1. The number of rotatable bonds is 9. The van der Waals surface area contributed by atoms with Crippen molar-refractivity contribution in [3.8, 4) is 17.6 Å². The van der Waals surface area contributed by atoms with Gasteiger partial charge in [0.1, 0.15) is 5.75 Å². The summed E-state index contributed by atoms with van der Waals surface area (Å²) in [5, 5.41) is 31.6. The number of hydrogen-bond acceptors (Lipinski definition) is 5. The largest absolute Gasteiger partial charge is 0.507 e. The predicted octanol–water partition coefficient (Wildman–Crippen LogP) is 3.93. The summed E-state index contributed by atoms with van der Waals surface area (Å²) in [6.07, 6.45) is 4.55. The zero-order chi connectivity index (χ0) is 23.0. The predicted molar refractivity (Wildman–Crippen MR) is 122 cm³/mol. The molecule has 6 heteroatoms. The lowest BCUT2D eigenvalue weighted by molar-refractivity contribution is -0.140. The van der Waals surface area contributed by atoms with Crippen molar-refractivity contribution in [3.05, 3.63) is 41.5 Å². The number of ether oxygens (including phenoxy) is 1. The molecule has 6 atom stereocenters. The normalized spacial score (nSPS) is 25.1. The highest BCUT2D eigenvalue weighted by molar-refractivity contribution is 6.21. The van der Waals surface area contributed by atoms with Gasteiger partial charge in [-0.3, -0.25) is 4.79 Å². The van der Waals surface area contributed by atoms with E-state index in [0.29, 0.717) is 31.2 Å². The molecule has 3 N–H and O–H groups in total. The Kier molecular flexibility index (Phi) is 9.90. The third-order valence-corrected chi connectivity index (χ3v) is 6.44. The first-order valence-corrected chi connectivity index (χ1v) is 11.2. The molecular formula is C25H33ClO5. The van der Waals surface area contributed by atoms with Gasteiger partial charge < -0.3 is 20.1 Å². The Bertz CT molecular complexity index is 825. The van der Waals surface area contributed by atoms with Crippen LogP contribution in [-0.4, -0.2) is 46.0 Å². The molecule has 1 aromatic rings. The third kappa shape index (κ3) is 6.74. The number of carbonyl (C=O) groups excluding carboxylic acids is 1. The van der Waals surface area contributed by atoms with Gasteiger partial charge >= 0.3 is 5.97 Å². The Morgan fingerprint density at radius 3 is 2.84 bits per heavy atom. The van der Waals surface area contributed by atoms with Crippen molar-refractivity contribution in [3.63, 3.8) is 0 Å². The van der Waals surface area contributed by atoms with E-state index in [2.05, 4.69) is 16.6 Å². The minimum atomic E-state index is -0.679. The van der Waals surface area contributed by atoms with E-state index in [-0.39, 0.29) is 41.3 Å². The molecule has 31 heavy (non-hydrogen) atoms. The van der Waals surface area contributed by atoms with Gasteiger partial charge in [-0.05, 0) is 43.2 Å². The second-order valence-electron chi connectivity index (χ2n) is 8.19. The monoisotopic (exact) mass is 448 g/mol. The van der Waals surface area contributed by atoms with E-state index in [4.69, 9.17) is 11.6 Å². The van der Waals surface area contributed by atoms with Crippen molar-refractivity contribution in [1.82, 2.24) is 0 Å². The summed E-state index contributed by atoms with van der Waals surface area (Å²) < 4.78 is 4.67. The minimum absolute atomic E-state index is 0.0287. The van der Waals surface area contributed by atoms with Crippen LogP contribution >= 0.6 is 11.6 Å². The standard InChI is InChI=1S/C25H33ClO5/c1-4-5-8-16(2)21(27)14-13-18-22(28)15-20(26)24(18)19-11-6-9-17(25(19)30)10-7-12-23(29)31-3/h6,9,11,13-14,16,18,20-22,24,27-28,30H,7-8,10,12,15H2,1-3H3/b14-13+/t16?,18-,20+,21?,22+,24-/m0/s1. The number of para-hydroxylation sites is 1. The molecule has 0 radical (unpaired) electrons. The lowest BCUT2D eigenvalue weighted by Crippen LogP contribution is -2.20. The van der Waals surface area contributed by atoms with Crippen molar-refractivity contribution in [2.75, 3.05) is 7.11 Å². The fraction of sp³-hybridized carbons (Fsp3) is 0.560. The highest BCUT2D eigenvalue weighted by atomic mass is 35.5. The summed E-state index contributed by atoms with van der Waals surface area (Å²) in [5.41, 5.74) is 1.42. The SMILES string of the molecule is CC#CCC(C)C(O)/C=C/[C@@H]1[C@@H](c2cccc(CCCC(=O)OC)c2O)[C@H](Cl)C[C@H]1O. The molecule has 0 aromatic heterocycles. The molecule has 1 aliphatic rings. The van der Waals surface area contributed by atoms with Crippen molar-refractivity contribution in [2.45, 2.75) is 69.5 Å². The number of phenolic OH excluding ortho intramolecular Hbond substituents is 1. The molecule has 1 aliphatic carbocycles. The molecule has 1 saturated carbocycles. The number of aliphatic hydroxyl groups excluding tert-OH is 2. The molecule has 1 fully saturated rings. The maximum Gasteiger partial charge on any atom is 0.305 e. The summed E-state index contributed by atoms with van der Waals surface area (Å²) in [5.74, 6) is 5.04. The zero-order valence-electron chi connectivity index (χ0n) is 18.4.